The number of rotatable bonds is 2. The fourth-order valence-corrected chi connectivity index (χ4v) is 1.94. The Balaban J connectivity index is 2.72. The van der Waals surface area contributed by atoms with Gasteiger partial charge in [0, 0.05) is 29.7 Å². The van der Waals surface area contributed by atoms with E-state index in [2.05, 4.69) is 0 Å². The second-order valence-corrected chi connectivity index (χ2v) is 4.97. The van der Waals surface area contributed by atoms with E-state index >= 15 is 0 Å². The number of para-hydroxylation sites is 1. The van der Waals surface area contributed by atoms with Gasteiger partial charge in [0.05, 0.1) is 5.54 Å². The van der Waals surface area contributed by atoms with Crippen LogP contribution in [0.15, 0.2) is 30.5 Å². The quantitative estimate of drug-likeness (QED) is 0.856. The topological polar surface area (TPSA) is 30.9 Å². The number of nitrogens with zero attached hydrogens (tertiary/aromatic N) is 1. The summed E-state index contributed by atoms with van der Waals surface area (Å²) in [5.41, 5.74) is 4.77. The molecule has 0 fully saturated rings. The van der Waals surface area contributed by atoms with Crippen LogP contribution in [-0.2, 0) is 13.0 Å². The maximum Gasteiger partial charge on any atom is 0.292 e. The van der Waals surface area contributed by atoms with Gasteiger partial charge in [0.1, 0.15) is 0 Å². The SMILES string of the molecule is Cn1cc(C(F)(F)C(C)(C)N)c2ccccc21. The van der Waals surface area contributed by atoms with Gasteiger partial charge in [-0.2, -0.15) is 8.78 Å². The predicted molar refractivity (Wildman–Crippen MR) is 65.1 cm³/mol. The minimum Gasteiger partial charge on any atom is -0.350 e. The molecule has 0 aliphatic heterocycles. The molecule has 2 N–H and O–H groups in total. The van der Waals surface area contributed by atoms with E-state index in [1.54, 1.807) is 23.7 Å². The van der Waals surface area contributed by atoms with Crippen molar-refractivity contribution in [1.82, 2.24) is 4.57 Å². The zero-order valence-corrected chi connectivity index (χ0v) is 10.2. The summed E-state index contributed by atoms with van der Waals surface area (Å²) >= 11 is 0. The number of fused-ring (bicyclic) bond motifs is 1. The number of hydrogen-bond acceptors (Lipinski definition) is 1. The van der Waals surface area contributed by atoms with Gasteiger partial charge in [0.25, 0.3) is 5.92 Å². The Kier molecular flexibility index (Phi) is 2.51. The molecule has 2 rings (SSSR count). The van der Waals surface area contributed by atoms with Crippen molar-refractivity contribution in [3.63, 3.8) is 0 Å². The second-order valence-electron chi connectivity index (χ2n) is 4.97. The molecule has 2 aromatic rings. The molecule has 0 radical (unpaired) electrons. The smallest absolute Gasteiger partial charge is 0.292 e. The fourth-order valence-electron chi connectivity index (χ4n) is 1.94. The number of nitrogens with two attached hydrogens (primary N) is 1. The van der Waals surface area contributed by atoms with E-state index in [1.807, 2.05) is 12.1 Å². The lowest BCUT2D eigenvalue weighted by molar-refractivity contribution is -0.0660. The molecule has 17 heavy (non-hydrogen) atoms. The van der Waals surface area contributed by atoms with E-state index in [1.165, 1.54) is 20.0 Å². The van der Waals surface area contributed by atoms with Crippen LogP contribution in [0.2, 0.25) is 0 Å². The third kappa shape index (κ3) is 1.72. The van der Waals surface area contributed by atoms with Crippen molar-refractivity contribution in [2.75, 3.05) is 0 Å². The van der Waals surface area contributed by atoms with Crippen LogP contribution in [0.3, 0.4) is 0 Å². The Morgan fingerprint density at radius 1 is 1.18 bits per heavy atom. The first-order valence-electron chi connectivity index (χ1n) is 5.46. The number of aryl methyl sites for hydroxylation is 1. The predicted octanol–water partition coefficient (Wildman–Crippen LogP) is 3.01. The number of halogens is 2. The minimum absolute atomic E-state index is 0.0110. The van der Waals surface area contributed by atoms with Crippen molar-refractivity contribution >= 4 is 10.9 Å². The largest absolute Gasteiger partial charge is 0.350 e. The van der Waals surface area contributed by atoms with Gasteiger partial charge >= 0.3 is 0 Å². The van der Waals surface area contributed by atoms with Gasteiger partial charge in [-0.3, -0.25) is 0 Å². The van der Waals surface area contributed by atoms with Crippen LogP contribution in [0, 0.1) is 0 Å². The van der Waals surface area contributed by atoms with Gasteiger partial charge in [-0.25, -0.2) is 0 Å². The standard InChI is InChI=1S/C13H16F2N2/c1-12(2,16)13(14,15)10-8-17(3)11-7-5-4-6-9(10)11/h4-8H,16H2,1-3H3. The van der Waals surface area contributed by atoms with Gasteiger partial charge in [-0.05, 0) is 19.9 Å². The Morgan fingerprint density at radius 2 is 1.76 bits per heavy atom. The average molecular weight is 238 g/mol. The first kappa shape index (κ1) is 12.0. The van der Waals surface area contributed by atoms with E-state index in [0.29, 0.717) is 5.39 Å². The van der Waals surface area contributed by atoms with Crippen LogP contribution in [0.4, 0.5) is 8.78 Å². The summed E-state index contributed by atoms with van der Waals surface area (Å²) in [5, 5.41) is 0.554. The Labute approximate surface area is 99.0 Å². The van der Waals surface area contributed by atoms with Crippen LogP contribution in [-0.4, -0.2) is 10.1 Å². The molecular weight excluding hydrogens is 222 g/mol. The van der Waals surface area contributed by atoms with Crippen molar-refractivity contribution < 1.29 is 8.78 Å². The molecule has 0 bridgehead atoms. The zero-order valence-electron chi connectivity index (χ0n) is 10.2. The van der Waals surface area contributed by atoms with Crippen molar-refractivity contribution in [1.29, 1.82) is 0 Å². The Hall–Kier alpha value is -1.42. The lowest BCUT2D eigenvalue weighted by atomic mass is 9.91. The molecule has 0 saturated carbocycles. The molecule has 1 aromatic carbocycles. The van der Waals surface area contributed by atoms with Gasteiger partial charge in [0.2, 0.25) is 0 Å². The van der Waals surface area contributed by atoms with E-state index in [0.717, 1.165) is 5.52 Å². The summed E-state index contributed by atoms with van der Waals surface area (Å²) in [4.78, 5) is 0. The van der Waals surface area contributed by atoms with Crippen LogP contribution in [0.5, 0.6) is 0 Å². The Morgan fingerprint density at radius 3 is 2.35 bits per heavy atom. The highest BCUT2D eigenvalue weighted by atomic mass is 19.3. The number of alkyl halides is 2. The van der Waals surface area contributed by atoms with Gasteiger partial charge in [0.15, 0.2) is 0 Å². The third-order valence-electron chi connectivity index (χ3n) is 3.04. The Bertz CT molecular complexity index is 550. The summed E-state index contributed by atoms with van der Waals surface area (Å²) in [7, 11) is 1.76. The van der Waals surface area contributed by atoms with Crippen molar-refractivity contribution in [3.8, 4) is 0 Å². The van der Waals surface area contributed by atoms with E-state index in [4.69, 9.17) is 5.73 Å². The van der Waals surface area contributed by atoms with Crippen molar-refractivity contribution in [3.05, 3.63) is 36.0 Å². The first-order valence-corrected chi connectivity index (χ1v) is 5.46. The summed E-state index contributed by atoms with van der Waals surface area (Å²) < 4.78 is 30.2. The fraction of sp³-hybridized carbons (Fsp3) is 0.385. The van der Waals surface area contributed by atoms with E-state index in [9.17, 15) is 8.78 Å². The molecule has 0 aliphatic carbocycles. The molecule has 0 amide bonds. The highest BCUT2D eigenvalue weighted by Crippen LogP contribution is 2.41. The summed E-state index contributed by atoms with van der Waals surface area (Å²) in [6.45, 7) is 2.68. The summed E-state index contributed by atoms with van der Waals surface area (Å²) in [5.74, 6) is -3.06. The van der Waals surface area contributed by atoms with Crippen LogP contribution in [0.1, 0.15) is 19.4 Å². The van der Waals surface area contributed by atoms with Crippen LogP contribution in [0.25, 0.3) is 10.9 Å². The lowest BCUT2D eigenvalue weighted by Gasteiger charge is -2.29. The number of aromatic nitrogens is 1. The molecule has 1 heterocycles. The van der Waals surface area contributed by atoms with E-state index < -0.39 is 11.5 Å². The minimum atomic E-state index is -3.06. The molecular formula is C13H16F2N2. The average Bonchev–Trinajstić information content (AvgIpc) is 2.56. The highest BCUT2D eigenvalue weighted by Gasteiger charge is 2.47. The molecule has 0 aliphatic rings. The van der Waals surface area contributed by atoms with Gasteiger partial charge in [-0.15, -0.1) is 0 Å². The van der Waals surface area contributed by atoms with Gasteiger partial charge < -0.3 is 10.3 Å². The van der Waals surface area contributed by atoms with Crippen molar-refractivity contribution in [2.24, 2.45) is 12.8 Å². The van der Waals surface area contributed by atoms with Crippen molar-refractivity contribution in [2.45, 2.75) is 25.3 Å². The lowest BCUT2D eigenvalue weighted by Crippen LogP contribution is -2.48. The summed E-state index contributed by atoms with van der Waals surface area (Å²) in [6.07, 6.45) is 1.46. The van der Waals surface area contributed by atoms with E-state index in [-0.39, 0.29) is 5.56 Å². The zero-order chi connectivity index (χ0) is 12.8. The number of benzene rings is 1. The molecule has 0 unspecified atom stereocenters. The molecule has 0 saturated heterocycles. The molecule has 4 heteroatoms. The third-order valence-corrected chi connectivity index (χ3v) is 3.04. The highest BCUT2D eigenvalue weighted by molar-refractivity contribution is 5.84. The summed E-state index contributed by atoms with van der Waals surface area (Å²) in [6, 6.07) is 7.10. The van der Waals surface area contributed by atoms with Crippen LogP contribution < -0.4 is 5.73 Å². The molecule has 2 nitrogen and oxygen atoms in total. The number of hydrogen-bond donors (Lipinski definition) is 1. The molecule has 0 atom stereocenters. The maximum absolute atomic E-state index is 14.3. The van der Waals surface area contributed by atoms with Crippen LogP contribution >= 0.6 is 0 Å². The van der Waals surface area contributed by atoms with Gasteiger partial charge in [-0.1, -0.05) is 18.2 Å². The normalized spacial score (nSPS) is 13.3. The molecule has 0 spiro atoms. The monoisotopic (exact) mass is 238 g/mol. The second kappa shape index (κ2) is 3.53. The maximum atomic E-state index is 14.3. The first-order chi connectivity index (χ1) is 7.75. The molecule has 92 valence electrons. The molecule has 1 aromatic heterocycles.